The predicted molar refractivity (Wildman–Crippen MR) is 102 cm³/mol. The van der Waals surface area contributed by atoms with Crippen LogP contribution in [0.25, 0.3) is 11.3 Å². The first-order valence-electron chi connectivity index (χ1n) is 8.63. The van der Waals surface area contributed by atoms with E-state index < -0.39 is 0 Å². The maximum Gasteiger partial charge on any atom is 0.228 e. The maximum absolute atomic E-state index is 12.5. The Morgan fingerprint density at radius 2 is 1.85 bits per heavy atom. The molecule has 0 atom stereocenters. The molecule has 1 saturated carbocycles. The number of halogens is 1. The van der Waals surface area contributed by atoms with E-state index in [0.717, 1.165) is 34.7 Å². The Hall–Kier alpha value is -2.66. The standard InChI is InChI=1S/C20H19ClN4O/c1-12-18(14-6-8-22-9-7-14)24-25-19(12)23-20(26)16-10-15(11-16)13-2-4-17(21)5-3-13/h2-9,15-16H,10-11H2,1H3,(H2,23,24,25,26)/t15-,16-. The number of aromatic nitrogens is 3. The highest BCUT2D eigenvalue weighted by Crippen LogP contribution is 2.42. The van der Waals surface area contributed by atoms with Gasteiger partial charge in [0.05, 0.1) is 5.69 Å². The van der Waals surface area contributed by atoms with E-state index in [1.807, 2.05) is 43.3 Å². The molecular weight excluding hydrogens is 348 g/mol. The van der Waals surface area contributed by atoms with Gasteiger partial charge in [-0.15, -0.1) is 0 Å². The Morgan fingerprint density at radius 3 is 2.54 bits per heavy atom. The van der Waals surface area contributed by atoms with E-state index in [4.69, 9.17) is 11.6 Å². The fraction of sp³-hybridized carbons (Fsp3) is 0.250. The van der Waals surface area contributed by atoms with E-state index in [2.05, 4.69) is 20.5 Å². The number of nitrogens with zero attached hydrogens (tertiary/aromatic N) is 2. The van der Waals surface area contributed by atoms with E-state index in [-0.39, 0.29) is 11.8 Å². The zero-order valence-corrected chi connectivity index (χ0v) is 15.1. The van der Waals surface area contributed by atoms with Gasteiger partial charge < -0.3 is 5.32 Å². The quantitative estimate of drug-likeness (QED) is 0.710. The number of aromatic amines is 1. The lowest BCUT2D eigenvalue weighted by molar-refractivity contribution is -0.122. The van der Waals surface area contributed by atoms with Gasteiger partial charge in [-0.2, -0.15) is 5.10 Å². The van der Waals surface area contributed by atoms with E-state index in [0.29, 0.717) is 11.7 Å². The number of amides is 1. The minimum Gasteiger partial charge on any atom is -0.311 e. The number of carbonyl (C=O) groups is 1. The number of benzene rings is 1. The molecule has 6 heteroatoms. The molecule has 2 heterocycles. The SMILES string of the molecule is Cc1c(-c2ccncc2)n[nH]c1NC(=O)[C@H]1C[C@H](c2ccc(Cl)cc2)C1. The lowest BCUT2D eigenvalue weighted by Gasteiger charge is -2.34. The molecule has 1 fully saturated rings. The molecule has 2 N–H and O–H groups in total. The zero-order valence-electron chi connectivity index (χ0n) is 14.4. The van der Waals surface area contributed by atoms with Crippen LogP contribution in [0.15, 0.2) is 48.8 Å². The van der Waals surface area contributed by atoms with Gasteiger partial charge in [0, 0.05) is 34.5 Å². The van der Waals surface area contributed by atoms with Gasteiger partial charge in [0.2, 0.25) is 5.91 Å². The van der Waals surface area contributed by atoms with Crippen LogP contribution < -0.4 is 5.32 Å². The van der Waals surface area contributed by atoms with Crippen LogP contribution in [0.1, 0.15) is 29.9 Å². The topological polar surface area (TPSA) is 70.7 Å². The van der Waals surface area contributed by atoms with E-state index in [1.165, 1.54) is 5.56 Å². The summed E-state index contributed by atoms with van der Waals surface area (Å²) in [5.74, 6) is 1.17. The Morgan fingerprint density at radius 1 is 1.15 bits per heavy atom. The number of nitrogens with one attached hydrogen (secondary N) is 2. The molecule has 1 aromatic carbocycles. The van der Waals surface area contributed by atoms with Crippen molar-refractivity contribution in [3.63, 3.8) is 0 Å². The van der Waals surface area contributed by atoms with Crippen molar-refractivity contribution in [1.82, 2.24) is 15.2 Å². The van der Waals surface area contributed by atoms with E-state index in [9.17, 15) is 4.79 Å². The number of anilines is 1. The van der Waals surface area contributed by atoms with Crippen LogP contribution in [0, 0.1) is 12.8 Å². The maximum atomic E-state index is 12.5. The zero-order chi connectivity index (χ0) is 18.1. The molecule has 4 rings (SSSR count). The van der Waals surface area contributed by atoms with Gasteiger partial charge in [0.25, 0.3) is 0 Å². The lowest BCUT2D eigenvalue weighted by atomic mass is 9.71. The van der Waals surface area contributed by atoms with Crippen LogP contribution >= 0.6 is 11.6 Å². The Kier molecular flexibility index (Phi) is 4.47. The minimum absolute atomic E-state index is 0.0303. The normalized spacial score (nSPS) is 19.0. The van der Waals surface area contributed by atoms with E-state index in [1.54, 1.807) is 12.4 Å². The summed E-state index contributed by atoms with van der Waals surface area (Å²) < 4.78 is 0. The molecule has 2 aromatic heterocycles. The van der Waals surface area contributed by atoms with Crippen molar-refractivity contribution in [2.45, 2.75) is 25.7 Å². The van der Waals surface area contributed by atoms with E-state index >= 15 is 0 Å². The molecule has 1 aliphatic carbocycles. The monoisotopic (exact) mass is 366 g/mol. The summed E-state index contributed by atoms with van der Waals surface area (Å²) in [4.78, 5) is 16.6. The molecule has 26 heavy (non-hydrogen) atoms. The third kappa shape index (κ3) is 3.22. The summed E-state index contributed by atoms with van der Waals surface area (Å²) in [7, 11) is 0. The molecule has 3 aromatic rings. The fourth-order valence-electron chi connectivity index (χ4n) is 3.37. The molecule has 0 spiro atoms. The lowest BCUT2D eigenvalue weighted by Crippen LogP contribution is -2.33. The van der Waals surface area contributed by atoms with Crippen molar-refractivity contribution in [1.29, 1.82) is 0 Å². The average Bonchev–Trinajstić information content (AvgIpc) is 2.97. The summed E-state index contributed by atoms with van der Waals surface area (Å²) in [6.07, 6.45) is 5.18. The third-order valence-corrected chi connectivity index (χ3v) is 5.31. The smallest absolute Gasteiger partial charge is 0.228 e. The molecule has 1 aliphatic rings. The Bertz CT molecular complexity index is 915. The van der Waals surface area contributed by atoms with Gasteiger partial charge in [0.1, 0.15) is 5.82 Å². The summed E-state index contributed by atoms with van der Waals surface area (Å²) in [5.41, 5.74) is 3.98. The molecule has 1 amide bonds. The Balaban J connectivity index is 1.39. The number of rotatable bonds is 4. The van der Waals surface area contributed by atoms with Crippen molar-refractivity contribution in [2.24, 2.45) is 5.92 Å². The largest absolute Gasteiger partial charge is 0.311 e. The molecule has 5 nitrogen and oxygen atoms in total. The third-order valence-electron chi connectivity index (χ3n) is 5.06. The summed E-state index contributed by atoms with van der Waals surface area (Å²) in [6, 6.07) is 11.7. The van der Waals surface area contributed by atoms with Crippen LogP contribution in [-0.2, 0) is 4.79 Å². The van der Waals surface area contributed by atoms with Crippen molar-refractivity contribution in [2.75, 3.05) is 5.32 Å². The first-order chi connectivity index (χ1) is 12.6. The highest BCUT2D eigenvalue weighted by Gasteiger charge is 2.35. The molecule has 0 saturated heterocycles. The van der Waals surface area contributed by atoms with Crippen LogP contribution in [0.3, 0.4) is 0 Å². The predicted octanol–water partition coefficient (Wildman–Crippen LogP) is 4.57. The van der Waals surface area contributed by atoms with Gasteiger partial charge in [-0.3, -0.25) is 14.9 Å². The second-order valence-electron chi connectivity index (χ2n) is 6.71. The molecule has 0 bridgehead atoms. The second-order valence-corrected chi connectivity index (χ2v) is 7.15. The van der Waals surface area contributed by atoms with Crippen LogP contribution in [0.4, 0.5) is 5.82 Å². The molecule has 132 valence electrons. The average molecular weight is 367 g/mol. The van der Waals surface area contributed by atoms with Gasteiger partial charge in [-0.25, -0.2) is 0 Å². The molecule has 0 aliphatic heterocycles. The summed E-state index contributed by atoms with van der Waals surface area (Å²) in [6.45, 7) is 1.95. The Labute approximate surface area is 156 Å². The minimum atomic E-state index is 0.0303. The van der Waals surface area contributed by atoms with Crippen LogP contribution in [0.2, 0.25) is 5.02 Å². The van der Waals surface area contributed by atoms with Gasteiger partial charge in [0.15, 0.2) is 0 Å². The highest BCUT2D eigenvalue weighted by molar-refractivity contribution is 6.30. The van der Waals surface area contributed by atoms with Crippen molar-refractivity contribution in [3.8, 4) is 11.3 Å². The van der Waals surface area contributed by atoms with Crippen LogP contribution in [-0.4, -0.2) is 21.1 Å². The summed E-state index contributed by atoms with van der Waals surface area (Å²) in [5, 5.41) is 11.0. The number of pyridine rings is 1. The molecule has 0 radical (unpaired) electrons. The molecule has 0 unspecified atom stereocenters. The fourth-order valence-corrected chi connectivity index (χ4v) is 3.50. The van der Waals surface area contributed by atoms with Crippen molar-refractivity contribution < 1.29 is 4.79 Å². The van der Waals surface area contributed by atoms with Crippen LogP contribution in [0.5, 0.6) is 0 Å². The number of hydrogen-bond donors (Lipinski definition) is 2. The van der Waals surface area contributed by atoms with Crippen molar-refractivity contribution >= 4 is 23.3 Å². The summed E-state index contributed by atoms with van der Waals surface area (Å²) >= 11 is 5.93. The van der Waals surface area contributed by atoms with Gasteiger partial charge in [-0.1, -0.05) is 23.7 Å². The number of carbonyl (C=O) groups excluding carboxylic acids is 1. The number of hydrogen-bond acceptors (Lipinski definition) is 3. The molecular formula is C20H19ClN4O. The first kappa shape index (κ1) is 16.8. The van der Waals surface area contributed by atoms with Gasteiger partial charge in [-0.05, 0) is 55.5 Å². The second kappa shape index (κ2) is 6.92. The number of H-pyrrole nitrogens is 1. The van der Waals surface area contributed by atoms with Crippen molar-refractivity contribution in [3.05, 3.63) is 64.9 Å². The van der Waals surface area contributed by atoms with Gasteiger partial charge >= 0.3 is 0 Å². The highest BCUT2D eigenvalue weighted by atomic mass is 35.5. The first-order valence-corrected chi connectivity index (χ1v) is 9.01.